The van der Waals surface area contributed by atoms with Gasteiger partial charge in [-0.05, 0) is 38.9 Å². The molecule has 17 heavy (non-hydrogen) atoms. The number of halogens is 1. The molecule has 0 aromatic carbocycles. The minimum atomic E-state index is 0. The van der Waals surface area contributed by atoms with Gasteiger partial charge in [0.05, 0.1) is 0 Å². The van der Waals surface area contributed by atoms with Gasteiger partial charge in [0.15, 0.2) is 5.96 Å². The highest BCUT2D eigenvalue weighted by atomic mass is 127. The number of rotatable bonds is 9. The van der Waals surface area contributed by atoms with Crippen LogP contribution in [0.4, 0.5) is 0 Å². The topological polar surface area (TPSA) is 53.6 Å². The second-order valence-electron chi connectivity index (χ2n) is 3.93. The Morgan fingerprint density at radius 1 is 1.18 bits per heavy atom. The Bertz CT molecular complexity index is 181. The molecule has 0 aliphatic carbocycles. The summed E-state index contributed by atoms with van der Waals surface area (Å²) >= 11 is 0. The van der Waals surface area contributed by atoms with Crippen LogP contribution in [0.1, 0.15) is 40.0 Å². The second-order valence-corrected chi connectivity index (χ2v) is 3.93. The molecule has 0 heterocycles. The minimum absolute atomic E-state index is 0. The molecule has 4 nitrogen and oxygen atoms in total. The van der Waals surface area contributed by atoms with Crippen LogP contribution < -0.4 is 11.1 Å². The zero-order valence-electron chi connectivity index (χ0n) is 11.5. The lowest BCUT2D eigenvalue weighted by atomic mass is 10.3. The molecule has 5 heteroatoms. The molecule has 0 aliphatic rings. The van der Waals surface area contributed by atoms with Gasteiger partial charge in [-0.2, -0.15) is 0 Å². The molecule has 0 atom stereocenters. The Hall–Kier alpha value is -0.0400. The lowest BCUT2D eigenvalue weighted by molar-refractivity contribution is 0.297. The largest absolute Gasteiger partial charge is 0.370 e. The van der Waals surface area contributed by atoms with Crippen molar-refractivity contribution in [1.82, 2.24) is 10.2 Å². The number of hydrogen-bond acceptors (Lipinski definition) is 2. The number of aliphatic imine (C=N–C) groups is 1. The van der Waals surface area contributed by atoms with Crippen LogP contribution in [0, 0.1) is 0 Å². The van der Waals surface area contributed by atoms with Gasteiger partial charge in [0.1, 0.15) is 0 Å². The first-order valence-electron chi connectivity index (χ1n) is 6.50. The smallest absolute Gasteiger partial charge is 0.188 e. The van der Waals surface area contributed by atoms with E-state index in [1.54, 1.807) is 0 Å². The SMILES string of the molecule is CCCN=C(N)NCCCCN(CC)CC.I. The highest BCUT2D eigenvalue weighted by Gasteiger charge is 1.97. The van der Waals surface area contributed by atoms with E-state index in [9.17, 15) is 0 Å². The summed E-state index contributed by atoms with van der Waals surface area (Å²) in [5, 5.41) is 3.14. The Morgan fingerprint density at radius 3 is 2.35 bits per heavy atom. The Balaban J connectivity index is 0. The number of guanidine groups is 1. The van der Waals surface area contributed by atoms with Crippen molar-refractivity contribution in [2.24, 2.45) is 10.7 Å². The molecular weight excluding hydrogens is 327 g/mol. The normalized spacial score (nSPS) is 11.4. The highest BCUT2D eigenvalue weighted by Crippen LogP contribution is 1.93. The van der Waals surface area contributed by atoms with Crippen LogP contribution in [-0.4, -0.2) is 43.6 Å². The average Bonchev–Trinajstić information content (AvgIpc) is 2.31. The standard InChI is InChI=1S/C12H28N4.HI/c1-4-9-14-12(13)15-10-7-8-11-16(5-2)6-3;/h4-11H2,1-3H3,(H3,13,14,15);1H. The molecule has 0 rings (SSSR count). The van der Waals surface area contributed by atoms with Crippen molar-refractivity contribution in [3.05, 3.63) is 0 Å². The summed E-state index contributed by atoms with van der Waals surface area (Å²) in [7, 11) is 0. The average molecular weight is 356 g/mol. The Labute approximate surface area is 123 Å². The van der Waals surface area contributed by atoms with E-state index >= 15 is 0 Å². The summed E-state index contributed by atoms with van der Waals surface area (Å²) in [6.45, 7) is 11.7. The van der Waals surface area contributed by atoms with Gasteiger partial charge in [-0.15, -0.1) is 24.0 Å². The van der Waals surface area contributed by atoms with Gasteiger partial charge < -0.3 is 16.0 Å². The van der Waals surface area contributed by atoms with Gasteiger partial charge in [0.25, 0.3) is 0 Å². The van der Waals surface area contributed by atoms with E-state index in [0.29, 0.717) is 5.96 Å². The summed E-state index contributed by atoms with van der Waals surface area (Å²) in [6.07, 6.45) is 3.42. The van der Waals surface area contributed by atoms with E-state index in [1.807, 2.05) is 0 Å². The van der Waals surface area contributed by atoms with Gasteiger partial charge in [-0.3, -0.25) is 4.99 Å². The molecule has 0 unspecified atom stereocenters. The molecular formula is C12H29IN4. The molecule has 104 valence electrons. The van der Waals surface area contributed by atoms with Gasteiger partial charge in [-0.25, -0.2) is 0 Å². The zero-order chi connectivity index (χ0) is 12.2. The van der Waals surface area contributed by atoms with E-state index in [0.717, 1.165) is 39.0 Å². The number of nitrogens with zero attached hydrogens (tertiary/aromatic N) is 2. The maximum absolute atomic E-state index is 5.68. The fourth-order valence-corrected chi connectivity index (χ4v) is 1.50. The molecule has 0 fully saturated rings. The van der Waals surface area contributed by atoms with Crippen molar-refractivity contribution in [2.45, 2.75) is 40.0 Å². The van der Waals surface area contributed by atoms with Crippen molar-refractivity contribution >= 4 is 29.9 Å². The summed E-state index contributed by atoms with van der Waals surface area (Å²) in [5.74, 6) is 0.588. The van der Waals surface area contributed by atoms with Crippen molar-refractivity contribution in [1.29, 1.82) is 0 Å². The van der Waals surface area contributed by atoms with Crippen LogP contribution in [0.2, 0.25) is 0 Å². The molecule has 0 spiro atoms. The quantitative estimate of drug-likeness (QED) is 0.288. The maximum Gasteiger partial charge on any atom is 0.188 e. The molecule has 3 N–H and O–H groups in total. The number of unbranched alkanes of at least 4 members (excludes halogenated alkanes) is 1. The number of nitrogens with one attached hydrogen (secondary N) is 1. The fourth-order valence-electron chi connectivity index (χ4n) is 1.50. The van der Waals surface area contributed by atoms with E-state index in [-0.39, 0.29) is 24.0 Å². The maximum atomic E-state index is 5.68. The summed E-state index contributed by atoms with van der Waals surface area (Å²) in [5.41, 5.74) is 5.68. The fraction of sp³-hybridized carbons (Fsp3) is 0.917. The third-order valence-corrected chi connectivity index (χ3v) is 2.61. The summed E-state index contributed by atoms with van der Waals surface area (Å²) in [4.78, 5) is 6.62. The monoisotopic (exact) mass is 356 g/mol. The molecule has 0 radical (unpaired) electrons. The third-order valence-electron chi connectivity index (χ3n) is 2.61. The van der Waals surface area contributed by atoms with Crippen LogP contribution in [0.25, 0.3) is 0 Å². The van der Waals surface area contributed by atoms with Crippen LogP contribution in [-0.2, 0) is 0 Å². The van der Waals surface area contributed by atoms with Crippen molar-refractivity contribution < 1.29 is 0 Å². The Morgan fingerprint density at radius 2 is 1.82 bits per heavy atom. The molecule has 0 aliphatic heterocycles. The van der Waals surface area contributed by atoms with Crippen molar-refractivity contribution in [2.75, 3.05) is 32.7 Å². The van der Waals surface area contributed by atoms with Crippen molar-refractivity contribution in [3.8, 4) is 0 Å². The predicted molar refractivity (Wildman–Crippen MR) is 87.2 cm³/mol. The van der Waals surface area contributed by atoms with Gasteiger partial charge in [0.2, 0.25) is 0 Å². The zero-order valence-corrected chi connectivity index (χ0v) is 13.9. The minimum Gasteiger partial charge on any atom is -0.370 e. The summed E-state index contributed by atoms with van der Waals surface area (Å²) < 4.78 is 0. The lowest BCUT2D eigenvalue weighted by Gasteiger charge is -2.17. The first-order valence-corrected chi connectivity index (χ1v) is 6.50. The van der Waals surface area contributed by atoms with E-state index < -0.39 is 0 Å². The molecule has 0 aromatic heterocycles. The van der Waals surface area contributed by atoms with E-state index in [1.165, 1.54) is 13.0 Å². The first-order chi connectivity index (χ1) is 7.74. The van der Waals surface area contributed by atoms with E-state index in [4.69, 9.17) is 5.73 Å². The number of hydrogen-bond donors (Lipinski definition) is 2. The van der Waals surface area contributed by atoms with Crippen LogP contribution in [0.3, 0.4) is 0 Å². The second kappa shape index (κ2) is 14.0. The van der Waals surface area contributed by atoms with Crippen LogP contribution in [0.5, 0.6) is 0 Å². The number of nitrogens with two attached hydrogens (primary N) is 1. The molecule has 0 bridgehead atoms. The van der Waals surface area contributed by atoms with Gasteiger partial charge >= 0.3 is 0 Å². The third kappa shape index (κ3) is 12.2. The highest BCUT2D eigenvalue weighted by molar-refractivity contribution is 14.0. The Kier molecular flexibility index (Phi) is 15.9. The van der Waals surface area contributed by atoms with Crippen LogP contribution in [0.15, 0.2) is 4.99 Å². The molecule has 0 amide bonds. The first kappa shape index (κ1) is 19.3. The van der Waals surface area contributed by atoms with E-state index in [2.05, 4.69) is 36.0 Å². The molecule has 0 aromatic rings. The molecule has 0 saturated carbocycles. The van der Waals surface area contributed by atoms with Crippen LogP contribution >= 0.6 is 24.0 Å². The summed E-state index contributed by atoms with van der Waals surface area (Å²) in [6, 6.07) is 0. The van der Waals surface area contributed by atoms with Gasteiger partial charge in [-0.1, -0.05) is 20.8 Å². The lowest BCUT2D eigenvalue weighted by Crippen LogP contribution is -2.33. The van der Waals surface area contributed by atoms with Crippen molar-refractivity contribution in [3.63, 3.8) is 0 Å². The molecule has 0 saturated heterocycles. The van der Waals surface area contributed by atoms with Gasteiger partial charge in [0, 0.05) is 13.1 Å². The predicted octanol–water partition coefficient (Wildman–Crippen LogP) is 2.04.